The Kier molecular flexibility index (Phi) is 4.33. The summed E-state index contributed by atoms with van der Waals surface area (Å²) in [6, 6.07) is 5.72. The summed E-state index contributed by atoms with van der Waals surface area (Å²) in [5, 5.41) is 4.72. The average molecular weight is 325 g/mol. The molecule has 0 bridgehead atoms. The largest absolute Gasteiger partial charge is 0.497 e. The lowest BCUT2D eigenvalue weighted by Gasteiger charge is -2.19. The van der Waals surface area contributed by atoms with Gasteiger partial charge in [-0.25, -0.2) is 0 Å². The van der Waals surface area contributed by atoms with Crippen LogP contribution in [0.2, 0.25) is 5.02 Å². The normalized spacial score (nSPS) is 16.0. The van der Waals surface area contributed by atoms with Crippen molar-refractivity contribution in [2.24, 2.45) is 0 Å². The third kappa shape index (κ3) is 2.86. The second kappa shape index (κ2) is 6.22. The summed E-state index contributed by atoms with van der Waals surface area (Å²) in [6.45, 7) is 3.30. The fourth-order valence-corrected chi connectivity index (χ4v) is 3.96. The van der Waals surface area contributed by atoms with Crippen LogP contribution in [0, 0.1) is 0 Å². The van der Waals surface area contributed by atoms with Crippen molar-refractivity contribution in [2.45, 2.75) is 6.42 Å². The van der Waals surface area contributed by atoms with Crippen LogP contribution in [0.3, 0.4) is 0 Å². The van der Waals surface area contributed by atoms with Crippen molar-refractivity contribution < 1.29 is 9.53 Å². The molecule has 1 aliphatic heterocycles. The summed E-state index contributed by atoms with van der Waals surface area (Å²) < 4.78 is 6.23. The number of thiophene rings is 1. The van der Waals surface area contributed by atoms with Crippen LogP contribution in [-0.2, 0) is 0 Å². The Bertz CT molecular complexity index is 663. The number of hydrogen-bond acceptors (Lipinski definition) is 4. The highest BCUT2D eigenvalue weighted by molar-refractivity contribution is 7.21. The lowest BCUT2D eigenvalue weighted by atomic mass is 10.2. The number of ether oxygens (including phenoxy) is 1. The van der Waals surface area contributed by atoms with Gasteiger partial charge in [-0.3, -0.25) is 4.79 Å². The topological polar surface area (TPSA) is 41.6 Å². The first-order valence-corrected chi connectivity index (χ1v) is 8.16. The molecular weight excluding hydrogens is 308 g/mol. The fourth-order valence-electron chi connectivity index (χ4n) is 2.50. The van der Waals surface area contributed by atoms with Crippen molar-refractivity contribution in [1.29, 1.82) is 0 Å². The van der Waals surface area contributed by atoms with Crippen molar-refractivity contribution >= 4 is 38.9 Å². The molecule has 3 rings (SSSR count). The smallest absolute Gasteiger partial charge is 0.265 e. The summed E-state index contributed by atoms with van der Waals surface area (Å²) in [5.74, 6) is 0.782. The van der Waals surface area contributed by atoms with Gasteiger partial charge in [-0.15, -0.1) is 11.3 Å². The Labute approximate surface area is 132 Å². The molecule has 6 heteroatoms. The van der Waals surface area contributed by atoms with Gasteiger partial charge >= 0.3 is 0 Å². The van der Waals surface area contributed by atoms with Gasteiger partial charge in [-0.1, -0.05) is 11.6 Å². The van der Waals surface area contributed by atoms with E-state index in [9.17, 15) is 4.79 Å². The highest BCUT2D eigenvalue weighted by atomic mass is 35.5. The number of nitrogens with zero attached hydrogens (tertiary/aromatic N) is 1. The molecule has 1 amide bonds. The minimum Gasteiger partial charge on any atom is -0.497 e. The number of halogens is 1. The zero-order chi connectivity index (χ0) is 14.8. The molecule has 2 aromatic rings. The summed E-state index contributed by atoms with van der Waals surface area (Å²) in [5.41, 5.74) is 0. The van der Waals surface area contributed by atoms with E-state index in [0.29, 0.717) is 9.90 Å². The van der Waals surface area contributed by atoms with Crippen LogP contribution in [0.5, 0.6) is 5.75 Å². The van der Waals surface area contributed by atoms with Crippen LogP contribution in [0.4, 0.5) is 0 Å². The van der Waals surface area contributed by atoms with Gasteiger partial charge in [-0.05, 0) is 31.2 Å². The number of methoxy groups -OCH3 is 1. The van der Waals surface area contributed by atoms with E-state index >= 15 is 0 Å². The molecule has 0 atom stereocenters. The molecule has 0 aliphatic carbocycles. The van der Waals surface area contributed by atoms with E-state index in [1.807, 2.05) is 23.1 Å². The van der Waals surface area contributed by atoms with Gasteiger partial charge in [0.15, 0.2) is 0 Å². The van der Waals surface area contributed by atoms with E-state index in [1.165, 1.54) is 11.3 Å². The number of carbonyl (C=O) groups excluding carboxylic acids is 1. The van der Waals surface area contributed by atoms with E-state index in [2.05, 4.69) is 5.32 Å². The Morgan fingerprint density at radius 1 is 1.38 bits per heavy atom. The lowest BCUT2D eigenvalue weighted by Crippen LogP contribution is -2.33. The number of benzene rings is 1. The Morgan fingerprint density at radius 2 is 2.24 bits per heavy atom. The van der Waals surface area contributed by atoms with Crippen LogP contribution < -0.4 is 10.1 Å². The first-order chi connectivity index (χ1) is 10.2. The molecular formula is C15H17ClN2O2S. The second-order valence-electron chi connectivity index (χ2n) is 5.00. The van der Waals surface area contributed by atoms with E-state index in [1.54, 1.807) is 7.11 Å². The molecule has 1 saturated heterocycles. The molecule has 1 fully saturated rings. The third-order valence-electron chi connectivity index (χ3n) is 3.66. The van der Waals surface area contributed by atoms with Crippen molar-refractivity contribution in [2.75, 3.05) is 33.3 Å². The van der Waals surface area contributed by atoms with Crippen LogP contribution in [0.25, 0.3) is 10.1 Å². The number of carbonyl (C=O) groups is 1. The van der Waals surface area contributed by atoms with Crippen molar-refractivity contribution in [3.8, 4) is 5.75 Å². The van der Waals surface area contributed by atoms with Gasteiger partial charge < -0.3 is 15.0 Å². The highest BCUT2D eigenvalue weighted by Gasteiger charge is 2.23. The molecule has 0 spiro atoms. The number of fused-ring (bicyclic) bond motifs is 1. The average Bonchev–Trinajstić information content (AvgIpc) is 2.71. The molecule has 1 N–H and O–H groups in total. The van der Waals surface area contributed by atoms with Gasteiger partial charge in [0.2, 0.25) is 0 Å². The molecule has 0 unspecified atom stereocenters. The summed E-state index contributed by atoms with van der Waals surface area (Å²) in [4.78, 5) is 15.2. The SMILES string of the molecule is COc1ccc2sc(C(=O)N3CCCNCC3)c(Cl)c2c1. The predicted molar refractivity (Wildman–Crippen MR) is 86.8 cm³/mol. The highest BCUT2D eigenvalue weighted by Crippen LogP contribution is 2.38. The molecule has 1 aliphatic rings. The van der Waals surface area contributed by atoms with Crippen LogP contribution in [0.1, 0.15) is 16.1 Å². The molecule has 0 saturated carbocycles. The Morgan fingerprint density at radius 3 is 3.05 bits per heavy atom. The number of rotatable bonds is 2. The maximum absolute atomic E-state index is 12.7. The van der Waals surface area contributed by atoms with E-state index in [4.69, 9.17) is 16.3 Å². The first-order valence-electron chi connectivity index (χ1n) is 6.96. The van der Waals surface area contributed by atoms with Crippen LogP contribution in [0.15, 0.2) is 18.2 Å². The maximum atomic E-state index is 12.7. The summed E-state index contributed by atoms with van der Waals surface area (Å²) in [7, 11) is 1.62. The zero-order valence-corrected chi connectivity index (χ0v) is 13.4. The van der Waals surface area contributed by atoms with Crippen molar-refractivity contribution in [1.82, 2.24) is 10.2 Å². The fraction of sp³-hybridized carbons (Fsp3) is 0.400. The minimum absolute atomic E-state index is 0.0314. The van der Waals surface area contributed by atoms with Crippen molar-refractivity contribution in [3.63, 3.8) is 0 Å². The second-order valence-corrected chi connectivity index (χ2v) is 6.43. The van der Waals surface area contributed by atoms with Gasteiger partial charge in [0.25, 0.3) is 5.91 Å². The van der Waals surface area contributed by atoms with Crippen LogP contribution >= 0.6 is 22.9 Å². The quantitative estimate of drug-likeness (QED) is 0.923. The summed E-state index contributed by atoms with van der Waals surface area (Å²) in [6.07, 6.45) is 0.974. The molecule has 112 valence electrons. The molecule has 0 radical (unpaired) electrons. The minimum atomic E-state index is 0.0314. The molecule has 4 nitrogen and oxygen atoms in total. The van der Waals surface area contributed by atoms with Crippen molar-refractivity contribution in [3.05, 3.63) is 28.1 Å². The monoisotopic (exact) mass is 324 g/mol. The van der Waals surface area contributed by atoms with E-state index in [0.717, 1.165) is 48.4 Å². The zero-order valence-electron chi connectivity index (χ0n) is 11.8. The van der Waals surface area contributed by atoms with Gasteiger partial charge in [-0.2, -0.15) is 0 Å². The van der Waals surface area contributed by atoms with Gasteiger partial charge in [0.1, 0.15) is 10.6 Å². The van der Waals surface area contributed by atoms with Gasteiger partial charge in [0.05, 0.1) is 12.1 Å². The molecule has 2 heterocycles. The van der Waals surface area contributed by atoms with E-state index < -0.39 is 0 Å². The molecule has 21 heavy (non-hydrogen) atoms. The first kappa shape index (κ1) is 14.6. The number of amides is 1. The standard InChI is InChI=1S/C15H17ClN2O2S/c1-20-10-3-4-12-11(9-10)13(16)14(21-12)15(19)18-7-2-5-17-6-8-18/h3-4,9,17H,2,5-8H2,1H3. The Balaban J connectivity index is 1.95. The Hall–Kier alpha value is -1.30. The predicted octanol–water partition coefficient (Wildman–Crippen LogP) is 3.00. The third-order valence-corrected chi connectivity index (χ3v) is 5.32. The number of nitrogens with one attached hydrogen (secondary N) is 1. The number of hydrogen-bond donors (Lipinski definition) is 1. The van der Waals surface area contributed by atoms with E-state index in [-0.39, 0.29) is 5.91 Å². The van der Waals surface area contributed by atoms with Gasteiger partial charge in [0, 0.05) is 29.7 Å². The van der Waals surface area contributed by atoms with Crippen LogP contribution in [-0.4, -0.2) is 44.1 Å². The lowest BCUT2D eigenvalue weighted by molar-refractivity contribution is 0.0771. The molecule has 1 aromatic carbocycles. The summed E-state index contributed by atoms with van der Waals surface area (Å²) >= 11 is 7.89. The molecule has 1 aromatic heterocycles. The maximum Gasteiger partial charge on any atom is 0.265 e.